The van der Waals surface area contributed by atoms with E-state index in [-0.39, 0.29) is 11.5 Å². The Kier molecular flexibility index (Phi) is 5.29. The second-order valence-corrected chi connectivity index (χ2v) is 6.69. The number of hydrogen-bond donors (Lipinski definition) is 2. The molecule has 1 aromatic rings. The van der Waals surface area contributed by atoms with Gasteiger partial charge in [0, 0.05) is 38.4 Å². The topological polar surface area (TPSA) is 90.0 Å². The van der Waals surface area contributed by atoms with Gasteiger partial charge < -0.3 is 10.4 Å². The molecule has 7 nitrogen and oxygen atoms in total. The molecule has 21 heavy (non-hydrogen) atoms. The smallest absolute Gasteiger partial charge is 0.243 e. The average molecular weight is 313 g/mol. The molecule has 1 saturated heterocycles. The summed E-state index contributed by atoms with van der Waals surface area (Å²) in [6.45, 7) is 2.71. The lowest BCUT2D eigenvalue weighted by atomic mass is 10.3. The summed E-state index contributed by atoms with van der Waals surface area (Å²) in [4.78, 5) is 12.6. The van der Waals surface area contributed by atoms with E-state index >= 15 is 0 Å². The molecule has 1 aromatic carbocycles. The lowest BCUT2D eigenvalue weighted by Gasteiger charge is -2.33. The van der Waals surface area contributed by atoms with Gasteiger partial charge in [0.1, 0.15) is 0 Å². The van der Waals surface area contributed by atoms with Crippen LogP contribution in [0.1, 0.15) is 0 Å². The van der Waals surface area contributed by atoms with Crippen LogP contribution in [0.3, 0.4) is 0 Å². The summed E-state index contributed by atoms with van der Waals surface area (Å²) in [5.74, 6) is 0. The molecule has 0 aromatic heterocycles. The van der Waals surface area contributed by atoms with Crippen LogP contribution < -0.4 is 5.32 Å². The number of nitrogens with zero attached hydrogens (tertiary/aromatic N) is 2. The Hall–Kier alpha value is -1.48. The molecule has 0 bridgehead atoms. The highest BCUT2D eigenvalue weighted by atomic mass is 32.2. The Balaban J connectivity index is 2.06. The van der Waals surface area contributed by atoms with E-state index in [4.69, 9.17) is 5.11 Å². The number of aliphatic hydroxyl groups excluding tert-OH is 1. The number of hydrogen-bond acceptors (Lipinski definition) is 5. The summed E-state index contributed by atoms with van der Waals surface area (Å²) in [6, 6.07) is 6.09. The molecule has 8 heteroatoms. The minimum atomic E-state index is -3.50. The maximum absolute atomic E-state index is 12.5. The molecule has 0 unspecified atom stereocenters. The highest BCUT2D eigenvalue weighted by Crippen LogP contribution is 2.19. The van der Waals surface area contributed by atoms with Crippen LogP contribution in [0, 0.1) is 0 Å². The van der Waals surface area contributed by atoms with Crippen LogP contribution in [0.15, 0.2) is 29.2 Å². The van der Waals surface area contributed by atoms with E-state index in [9.17, 15) is 13.2 Å². The van der Waals surface area contributed by atoms with Gasteiger partial charge in [-0.3, -0.25) is 9.69 Å². The molecule has 1 amide bonds. The van der Waals surface area contributed by atoms with Gasteiger partial charge in [0.05, 0.1) is 11.5 Å². The largest absolute Gasteiger partial charge is 0.395 e. The molecule has 0 aliphatic carbocycles. The molecule has 1 heterocycles. The Morgan fingerprint density at radius 1 is 1.14 bits per heavy atom. The maximum atomic E-state index is 12.5. The average Bonchev–Trinajstić information content (AvgIpc) is 2.49. The number of carbonyl (C=O) groups excluding carboxylic acids is 1. The van der Waals surface area contributed by atoms with E-state index in [1.165, 1.54) is 16.4 Å². The summed E-state index contributed by atoms with van der Waals surface area (Å²) >= 11 is 0. The van der Waals surface area contributed by atoms with Gasteiger partial charge in [0.15, 0.2) is 0 Å². The first kappa shape index (κ1) is 15.9. The first-order valence-electron chi connectivity index (χ1n) is 6.71. The monoisotopic (exact) mass is 313 g/mol. The molecule has 2 N–H and O–H groups in total. The fourth-order valence-corrected chi connectivity index (χ4v) is 3.70. The van der Waals surface area contributed by atoms with Crippen LogP contribution in [0.25, 0.3) is 0 Å². The highest BCUT2D eigenvalue weighted by molar-refractivity contribution is 7.89. The summed E-state index contributed by atoms with van der Waals surface area (Å²) < 4.78 is 26.4. The number of nitrogens with one attached hydrogen (secondary N) is 1. The molecule has 1 aliphatic heterocycles. The number of carbonyl (C=O) groups is 1. The molecule has 1 aliphatic rings. The zero-order chi connectivity index (χ0) is 15.3. The standard InChI is InChI=1S/C13H19N3O4S/c17-10-9-15-5-7-16(8-6-15)21(19,20)13-3-1-12(2-4-13)14-11-18/h1-4,11,17H,5-10H2,(H,14,18). The fraction of sp³-hybridized carbons (Fsp3) is 0.462. The van der Waals surface area contributed by atoms with Crippen molar-refractivity contribution in [2.75, 3.05) is 44.6 Å². The summed E-state index contributed by atoms with van der Waals surface area (Å²) in [7, 11) is -3.50. The van der Waals surface area contributed by atoms with E-state index in [1.54, 1.807) is 12.1 Å². The van der Waals surface area contributed by atoms with Crippen molar-refractivity contribution in [2.24, 2.45) is 0 Å². The number of β-amino-alcohol motifs (C(OH)–C–C–N with tert-alkyl or cyclic N) is 1. The second-order valence-electron chi connectivity index (χ2n) is 4.76. The molecule has 0 spiro atoms. The van der Waals surface area contributed by atoms with Crippen molar-refractivity contribution in [1.82, 2.24) is 9.21 Å². The third kappa shape index (κ3) is 3.79. The molecule has 116 valence electrons. The van der Waals surface area contributed by atoms with Crippen LogP contribution in [0.4, 0.5) is 5.69 Å². The van der Waals surface area contributed by atoms with E-state index in [0.717, 1.165) is 0 Å². The van der Waals surface area contributed by atoms with E-state index in [0.29, 0.717) is 44.8 Å². The van der Waals surface area contributed by atoms with Gasteiger partial charge in [-0.2, -0.15) is 4.31 Å². The Bertz CT molecular complexity index is 566. The van der Waals surface area contributed by atoms with Gasteiger partial charge in [-0.1, -0.05) is 0 Å². The minimum absolute atomic E-state index is 0.0813. The molecule has 0 atom stereocenters. The first-order chi connectivity index (χ1) is 10.1. The Labute approximate surface area is 124 Å². The van der Waals surface area contributed by atoms with Gasteiger partial charge in [0.2, 0.25) is 16.4 Å². The second kappa shape index (κ2) is 6.99. The normalized spacial score (nSPS) is 17.6. The number of rotatable bonds is 6. The zero-order valence-corrected chi connectivity index (χ0v) is 12.4. The Morgan fingerprint density at radius 2 is 1.76 bits per heavy atom. The van der Waals surface area contributed by atoms with Gasteiger partial charge in [-0.25, -0.2) is 8.42 Å². The molecular formula is C13H19N3O4S. The Morgan fingerprint density at radius 3 is 2.29 bits per heavy atom. The van der Waals surface area contributed by atoms with Crippen LogP contribution in [-0.4, -0.2) is 68.5 Å². The number of sulfonamides is 1. The highest BCUT2D eigenvalue weighted by Gasteiger charge is 2.28. The summed E-state index contributed by atoms with van der Waals surface area (Å²) in [5, 5.41) is 11.4. The first-order valence-corrected chi connectivity index (χ1v) is 8.15. The van der Waals surface area contributed by atoms with Crippen LogP contribution in [0.5, 0.6) is 0 Å². The summed E-state index contributed by atoms with van der Waals surface area (Å²) in [5.41, 5.74) is 0.553. The minimum Gasteiger partial charge on any atom is -0.395 e. The fourth-order valence-electron chi connectivity index (χ4n) is 2.28. The van der Waals surface area contributed by atoms with Crippen molar-refractivity contribution in [3.8, 4) is 0 Å². The third-order valence-electron chi connectivity index (χ3n) is 3.47. The van der Waals surface area contributed by atoms with Gasteiger partial charge in [-0.15, -0.1) is 0 Å². The number of amides is 1. The van der Waals surface area contributed by atoms with Gasteiger partial charge in [-0.05, 0) is 24.3 Å². The van der Waals surface area contributed by atoms with Crippen molar-refractivity contribution in [3.63, 3.8) is 0 Å². The third-order valence-corrected chi connectivity index (χ3v) is 5.38. The van der Waals surface area contributed by atoms with E-state index in [1.807, 2.05) is 4.90 Å². The number of piperazine rings is 1. The molecular weight excluding hydrogens is 294 g/mol. The quantitative estimate of drug-likeness (QED) is 0.695. The van der Waals surface area contributed by atoms with Crippen molar-refractivity contribution in [3.05, 3.63) is 24.3 Å². The van der Waals surface area contributed by atoms with Crippen LogP contribution in [0.2, 0.25) is 0 Å². The van der Waals surface area contributed by atoms with Crippen molar-refractivity contribution >= 4 is 22.1 Å². The maximum Gasteiger partial charge on any atom is 0.243 e. The van der Waals surface area contributed by atoms with Gasteiger partial charge >= 0.3 is 0 Å². The molecule has 0 saturated carbocycles. The van der Waals surface area contributed by atoms with Crippen molar-refractivity contribution in [2.45, 2.75) is 4.90 Å². The van der Waals surface area contributed by atoms with Crippen molar-refractivity contribution in [1.29, 1.82) is 0 Å². The number of aliphatic hydroxyl groups is 1. The summed E-state index contributed by atoms with van der Waals surface area (Å²) in [6.07, 6.45) is 0.546. The van der Waals surface area contributed by atoms with E-state index in [2.05, 4.69) is 5.32 Å². The van der Waals surface area contributed by atoms with Crippen LogP contribution in [-0.2, 0) is 14.8 Å². The molecule has 0 radical (unpaired) electrons. The van der Waals surface area contributed by atoms with Crippen molar-refractivity contribution < 1.29 is 18.3 Å². The lowest BCUT2D eigenvalue weighted by molar-refractivity contribution is -0.105. The lowest BCUT2D eigenvalue weighted by Crippen LogP contribution is -2.49. The SMILES string of the molecule is O=CNc1ccc(S(=O)(=O)N2CCN(CCO)CC2)cc1. The van der Waals surface area contributed by atoms with E-state index < -0.39 is 10.0 Å². The molecule has 1 fully saturated rings. The molecule has 2 rings (SSSR count). The van der Waals surface area contributed by atoms with Gasteiger partial charge in [0.25, 0.3) is 0 Å². The number of benzene rings is 1. The number of anilines is 1. The predicted molar refractivity (Wildman–Crippen MR) is 78.4 cm³/mol. The van der Waals surface area contributed by atoms with Crippen LogP contribution >= 0.6 is 0 Å². The zero-order valence-electron chi connectivity index (χ0n) is 11.6. The predicted octanol–water partition coefficient (Wildman–Crippen LogP) is -0.446.